The van der Waals surface area contributed by atoms with Gasteiger partial charge >= 0.3 is 12.1 Å². The average Bonchev–Trinajstić information content (AvgIpc) is 2.90. The van der Waals surface area contributed by atoms with Gasteiger partial charge in [-0.05, 0) is 23.9 Å². The number of aryl methyl sites for hydroxylation is 1. The Morgan fingerprint density at radius 2 is 1.67 bits per heavy atom. The summed E-state index contributed by atoms with van der Waals surface area (Å²) in [5.41, 5.74) is -3.47. The molecule has 114 valence electrons. The third kappa shape index (κ3) is 2.44. The fourth-order valence-electron chi connectivity index (χ4n) is 2.04. The van der Waals surface area contributed by atoms with Crippen LogP contribution in [0.2, 0.25) is 0 Å². The summed E-state index contributed by atoms with van der Waals surface area (Å²) in [6.45, 7) is 1.55. The molecule has 0 spiro atoms. The predicted octanol–water partition coefficient (Wildman–Crippen LogP) is 4.49. The molecule has 0 bridgehead atoms. The minimum atomic E-state index is -5.88. The molecular formula is C14H11F5OS. The van der Waals surface area contributed by atoms with Crippen LogP contribution in [0, 0.1) is 6.92 Å². The van der Waals surface area contributed by atoms with Crippen LogP contribution in [0.1, 0.15) is 16.0 Å². The van der Waals surface area contributed by atoms with Gasteiger partial charge < -0.3 is 5.11 Å². The number of rotatable bonds is 3. The summed E-state index contributed by atoms with van der Waals surface area (Å²) in [5, 5.41) is 11.7. The average molecular weight is 322 g/mol. The summed E-state index contributed by atoms with van der Waals surface area (Å²) >= 11 is 0.644. The SMILES string of the molecule is Cc1cccc(C(O)(c2cccs2)C(F)(F)C(F)(F)F)c1. The Morgan fingerprint density at radius 1 is 1.00 bits per heavy atom. The van der Waals surface area contributed by atoms with E-state index in [1.807, 2.05) is 0 Å². The van der Waals surface area contributed by atoms with Crippen LogP contribution in [0.5, 0.6) is 0 Å². The molecule has 0 aliphatic heterocycles. The molecule has 1 unspecified atom stereocenters. The number of hydrogen-bond donors (Lipinski definition) is 1. The zero-order valence-corrected chi connectivity index (χ0v) is 11.6. The second kappa shape index (κ2) is 5.06. The van der Waals surface area contributed by atoms with Crippen molar-refractivity contribution in [1.82, 2.24) is 0 Å². The first kappa shape index (κ1) is 15.9. The molecule has 0 saturated carbocycles. The lowest BCUT2D eigenvalue weighted by molar-refractivity contribution is -0.335. The molecule has 1 atom stereocenters. The number of halogens is 5. The van der Waals surface area contributed by atoms with Crippen LogP contribution in [0.3, 0.4) is 0 Å². The second-order valence-corrected chi connectivity index (χ2v) is 5.58. The molecule has 2 aromatic rings. The summed E-state index contributed by atoms with van der Waals surface area (Å²) in [6.07, 6.45) is -5.88. The maximum Gasteiger partial charge on any atom is 0.457 e. The Bertz CT molecular complexity index is 621. The highest BCUT2D eigenvalue weighted by molar-refractivity contribution is 7.10. The largest absolute Gasteiger partial charge is 0.457 e. The minimum absolute atomic E-state index is 0.463. The second-order valence-electron chi connectivity index (χ2n) is 4.63. The first-order chi connectivity index (χ1) is 9.60. The number of alkyl halides is 5. The third-order valence-corrected chi connectivity index (χ3v) is 4.10. The van der Waals surface area contributed by atoms with Crippen molar-refractivity contribution >= 4 is 11.3 Å². The Balaban J connectivity index is 2.73. The van der Waals surface area contributed by atoms with Gasteiger partial charge in [-0.15, -0.1) is 11.3 Å². The van der Waals surface area contributed by atoms with E-state index in [0.717, 1.165) is 18.2 Å². The van der Waals surface area contributed by atoms with Crippen LogP contribution in [0.4, 0.5) is 22.0 Å². The van der Waals surface area contributed by atoms with Crippen molar-refractivity contribution in [3.63, 3.8) is 0 Å². The molecule has 0 aliphatic rings. The molecule has 1 aromatic carbocycles. The highest BCUT2D eigenvalue weighted by Crippen LogP contribution is 2.52. The molecule has 1 N–H and O–H groups in total. The van der Waals surface area contributed by atoms with Crippen molar-refractivity contribution in [3.05, 3.63) is 57.8 Å². The molecular weight excluding hydrogens is 311 g/mol. The molecule has 0 saturated heterocycles. The molecule has 7 heteroatoms. The van der Waals surface area contributed by atoms with Crippen LogP contribution < -0.4 is 0 Å². The Kier molecular flexibility index (Phi) is 3.84. The van der Waals surface area contributed by atoms with E-state index in [-0.39, 0.29) is 0 Å². The van der Waals surface area contributed by atoms with E-state index in [9.17, 15) is 27.1 Å². The molecule has 1 nitrogen and oxygen atoms in total. The van der Waals surface area contributed by atoms with Crippen LogP contribution in [0.25, 0.3) is 0 Å². The van der Waals surface area contributed by atoms with Crippen molar-refractivity contribution < 1.29 is 27.1 Å². The van der Waals surface area contributed by atoms with E-state index in [1.54, 1.807) is 13.0 Å². The predicted molar refractivity (Wildman–Crippen MR) is 69.5 cm³/mol. The van der Waals surface area contributed by atoms with Crippen LogP contribution in [0.15, 0.2) is 41.8 Å². The van der Waals surface area contributed by atoms with Crippen molar-refractivity contribution in [2.45, 2.75) is 24.6 Å². The molecule has 0 fully saturated rings. The van der Waals surface area contributed by atoms with Gasteiger partial charge in [-0.1, -0.05) is 35.9 Å². The molecule has 21 heavy (non-hydrogen) atoms. The van der Waals surface area contributed by atoms with Gasteiger partial charge in [0, 0.05) is 4.88 Å². The zero-order chi connectivity index (χ0) is 15.9. The van der Waals surface area contributed by atoms with Crippen molar-refractivity contribution in [2.24, 2.45) is 0 Å². The highest BCUT2D eigenvalue weighted by atomic mass is 32.1. The molecule has 0 aliphatic carbocycles. The van der Waals surface area contributed by atoms with E-state index in [2.05, 4.69) is 0 Å². The quantitative estimate of drug-likeness (QED) is 0.826. The fourth-order valence-corrected chi connectivity index (χ4v) is 2.92. The van der Waals surface area contributed by atoms with Gasteiger partial charge in [0.15, 0.2) is 5.60 Å². The lowest BCUT2D eigenvalue weighted by Gasteiger charge is -2.36. The van der Waals surface area contributed by atoms with E-state index >= 15 is 0 Å². The highest BCUT2D eigenvalue weighted by Gasteiger charge is 2.71. The first-order valence-electron chi connectivity index (χ1n) is 5.89. The summed E-state index contributed by atoms with van der Waals surface area (Å²) in [7, 11) is 0. The number of aliphatic hydroxyl groups is 1. The standard InChI is InChI=1S/C14H11F5OS/c1-9-4-2-5-10(8-9)12(20,11-6-3-7-21-11)13(15,16)14(17,18)19/h2-8,20H,1H3. The fraction of sp³-hybridized carbons (Fsp3) is 0.286. The smallest absolute Gasteiger partial charge is 0.374 e. The Hall–Kier alpha value is -1.47. The van der Waals surface area contributed by atoms with Gasteiger partial charge in [0.05, 0.1) is 0 Å². The summed E-state index contributed by atoms with van der Waals surface area (Å²) < 4.78 is 66.4. The van der Waals surface area contributed by atoms with Crippen LogP contribution >= 0.6 is 11.3 Å². The van der Waals surface area contributed by atoms with E-state index in [4.69, 9.17) is 0 Å². The summed E-state index contributed by atoms with van der Waals surface area (Å²) in [5.74, 6) is -5.32. The molecule has 1 heterocycles. The topological polar surface area (TPSA) is 20.2 Å². The zero-order valence-electron chi connectivity index (χ0n) is 10.8. The Labute approximate surface area is 121 Å². The van der Waals surface area contributed by atoms with Gasteiger partial charge in [-0.2, -0.15) is 22.0 Å². The van der Waals surface area contributed by atoms with Gasteiger partial charge in [-0.3, -0.25) is 0 Å². The van der Waals surface area contributed by atoms with E-state index in [0.29, 0.717) is 16.9 Å². The summed E-state index contributed by atoms with van der Waals surface area (Å²) in [4.78, 5) is -0.463. The van der Waals surface area contributed by atoms with Gasteiger partial charge in [0.2, 0.25) is 0 Å². The minimum Gasteiger partial charge on any atom is -0.374 e. The van der Waals surface area contributed by atoms with Gasteiger partial charge in [0.1, 0.15) is 0 Å². The number of benzene rings is 1. The molecule has 2 rings (SSSR count). The third-order valence-electron chi connectivity index (χ3n) is 3.12. The lowest BCUT2D eigenvalue weighted by atomic mass is 9.84. The maximum absolute atomic E-state index is 14.0. The maximum atomic E-state index is 14.0. The number of thiophene rings is 1. The molecule has 0 radical (unpaired) electrons. The van der Waals surface area contributed by atoms with E-state index in [1.165, 1.54) is 17.5 Å². The Morgan fingerprint density at radius 3 is 2.14 bits per heavy atom. The number of hydrogen-bond acceptors (Lipinski definition) is 2. The van der Waals surface area contributed by atoms with Crippen LogP contribution in [-0.2, 0) is 5.60 Å². The van der Waals surface area contributed by atoms with Crippen molar-refractivity contribution in [3.8, 4) is 0 Å². The monoisotopic (exact) mass is 322 g/mol. The summed E-state index contributed by atoms with van der Waals surface area (Å²) in [6, 6.07) is 7.44. The van der Waals surface area contributed by atoms with Gasteiger partial charge in [0.25, 0.3) is 0 Å². The van der Waals surface area contributed by atoms with E-state index < -0.39 is 28.1 Å². The molecule has 1 aromatic heterocycles. The lowest BCUT2D eigenvalue weighted by Crippen LogP contribution is -2.55. The normalized spacial score (nSPS) is 15.8. The first-order valence-corrected chi connectivity index (χ1v) is 6.76. The molecule has 0 amide bonds. The van der Waals surface area contributed by atoms with Gasteiger partial charge in [-0.25, -0.2) is 0 Å². The van der Waals surface area contributed by atoms with Crippen molar-refractivity contribution in [1.29, 1.82) is 0 Å². The van der Waals surface area contributed by atoms with Crippen molar-refractivity contribution in [2.75, 3.05) is 0 Å². The van der Waals surface area contributed by atoms with Crippen LogP contribution in [-0.4, -0.2) is 17.2 Å².